The quantitative estimate of drug-likeness (QED) is 0.695. The fourth-order valence-electron chi connectivity index (χ4n) is 3.77. The van der Waals surface area contributed by atoms with Crippen LogP contribution >= 0.6 is 11.6 Å². The minimum absolute atomic E-state index is 0.0370. The largest absolute Gasteiger partial charge is 0.469 e. The van der Waals surface area contributed by atoms with Crippen LogP contribution in [0.15, 0.2) is 41.2 Å². The zero-order chi connectivity index (χ0) is 20.9. The number of allylic oxidation sites excluding steroid dienone is 1. The van der Waals surface area contributed by atoms with Crippen molar-refractivity contribution in [1.82, 2.24) is 14.7 Å². The number of methoxy groups -OCH3 is 1. The number of rotatable bonds is 4. The van der Waals surface area contributed by atoms with Crippen LogP contribution < -0.4 is 4.90 Å². The van der Waals surface area contributed by atoms with Crippen molar-refractivity contribution in [2.45, 2.75) is 25.6 Å². The number of imide groups is 1. The molecule has 0 saturated carbocycles. The Morgan fingerprint density at radius 3 is 2.59 bits per heavy atom. The van der Waals surface area contributed by atoms with E-state index >= 15 is 0 Å². The molecule has 3 aliphatic heterocycles. The molecule has 2 unspecified atom stereocenters. The number of carbonyl (C=O) groups excluding carboxylic acids is 3. The molecule has 10 heteroatoms. The van der Waals surface area contributed by atoms with Crippen LogP contribution in [-0.4, -0.2) is 71.5 Å². The standard InChI is InChI=1S/C19H20ClN5O4/c1-11-10-24-15-16(21-18(24)25(11)13-6-4-12(20)5-7-13)22(2)19(28)23(17(15)27)9-8-14(26)29-3/h4-7,10,15-16H,8-9H2,1-3H3. The first-order valence-electron chi connectivity index (χ1n) is 9.08. The number of hydrogen-bond donors (Lipinski definition) is 0. The number of hydrogen-bond acceptors (Lipinski definition) is 7. The first kappa shape index (κ1) is 19.3. The third-order valence-electron chi connectivity index (χ3n) is 5.24. The van der Waals surface area contributed by atoms with Gasteiger partial charge in [0, 0.05) is 36.2 Å². The highest BCUT2D eigenvalue weighted by atomic mass is 35.5. The summed E-state index contributed by atoms with van der Waals surface area (Å²) in [4.78, 5) is 48.2. The van der Waals surface area contributed by atoms with Crippen LogP contribution in [0.3, 0.4) is 0 Å². The molecule has 3 heterocycles. The van der Waals surface area contributed by atoms with Crippen LogP contribution in [0.4, 0.5) is 10.5 Å². The van der Waals surface area contributed by atoms with Crippen molar-refractivity contribution >= 4 is 41.2 Å². The molecule has 9 nitrogen and oxygen atoms in total. The van der Waals surface area contributed by atoms with Crippen molar-refractivity contribution < 1.29 is 19.1 Å². The Labute approximate surface area is 172 Å². The molecule has 1 saturated heterocycles. The number of aliphatic imine (C=N–C) groups is 1. The first-order chi connectivity index (χ1) is 13.8. The lowest BCUT2D eigenvalue weighted by Gasteiger charge is -2.40. The molecular formula is C19H20ClN5O4. The molecule has 0 aromatic heterocycles. The number of ether oxygens (including phenoxy) is 1. The summed E-state index contributed by atoms with van der Waals surface area (Å²) in [6.07, 6.45) is 1.15. The number of halogens is 1. The third-order valence-corrected chi connectivity index (χ3v) is 5.49. The smallest absolute Gasteiger partial charge is 0.328 e. The summed E-state index contributed by atoms with van der Waals surface area (Å²) in [6.45, 7) is 1.88. The number of carbonyl (C=O) groups is 3. The number of amides is 3. The normalized spacial score (nSPS) is 23.2. The Kier molecular flexibility index (Phi) is 4.70. The molecule has 0 N–H and O–H groups in total. The third kappa shape index (κ3) is 3.02. The van der Waals surface area contributed by atoms with Gasteiger partial charge in [0.1, 0.15) is 0 Å². The molecule has 152 valence electrons. The van der Waals surface area contributed by atoms with E-state index in [1.54, 1.807) is 24.1 Å². The predicted molar refractivity (Wildman–Crippen MR) is 106 cm³/mol. The average molecular weight is 418 g/mol. The Morgan fingerprint density at radius 2 is 1.93 bits per heavy atom. The lowest BCUT2D eigenvalue weighted by molar-refractivity contribution is -0.142. The van der Waals surface area contributed by atoms with E-state index in [1.807, 2.05) is 30.2 Å². The molecule has 2 atom stereocenters. The van der Waals surface area contributed by atoms with Gasteiger partial charge in [-0.3, -0.25) is 19.4 Å². The number of anilines is 1. The number of nitrogens with zero attached hydrogens (tertiary/aromatic N) is 5. The van der Waals surface area contributed by atoms with Gasteiger partial charge in [0.15, 0.2) is 12.2 Å². The molecule has 0 bridgehead atoms. The number of guanidine groups is 1. The van der Waals surface area contributed by atoms with Gasteiger partial charge in [0.05, 0.1) is 13.5 Å². The van der Waals surface area contributed by atoms with Gasteiger partial charge < -0.3 is 14.5 Å². The van der Waals surface area contributed by atoms with E-state index in [1.165, 1.54) is 12.0 Å². The summed E-state index contributed by atoms with van der Waals surface area (Å²) in [5.74, 6) is -0.296. The van der Waals surface area contributed by atoms with E-state index in [9.17, 15) is 14.4 Å². The molecule has 0 spiro atoms. The molecule has 0 radical (unpaired) electrons. The monoisotopic (exact) mass is 417 g/mol. The molecule has 3 amide bonds. The van der Waals surface area contributed by atoms with E-state index in [0.717, 1.165) is 16.3 Å². The van der Waals surface area contributed by atoms with E-state index in [2.05, 4.69) is 9.73 Å². The average Bonchev–Trinajstić information content (AvgIpc) is 3.21. The number of esters is 1. The number of benzene rings is 1. The zero-order valence-corrected chi connectivity index (χ0v) is 17.0. The van der Waals surface area contributed by atoms with E-state index in [-0.39, 0.29) is 18.9 Å². The van der Waals surface area contributed by atoms with Crippen molar-refractivity contribution in [2.24, 2.45) is 4.99 Å². The van der Waals surface area contributed by atoms with Crippen molar-refractivity contribution in [3.05, 3.63) is 41.2 Å². The summed E-state index contributed by atoms with van der Waals surface area (Å²) in [5, 5.41) is 0.621. The maximum atomic E-state index is 13.1. The number of urea groups is 1. The number of likely N-dealkylation sites (N-methyl/N-ethyl adjacent to an activating group) is 1. The topological polar surface area (TPSA) is 85.8 Å². The minimum atomic E-state index is -0.683. The predicted octanol–water partition coefficient (Wildman–Crippen LogP) is 1.84. The molecule has 0 aliphatic carbocycles. The van der Waals surface area contributed by atoms with E-state index in [0.29, 0.717) is 11.0 Å². The van der Waals surface area contributed by atoms with Gasteiger partial charge in [0.2, 0.25) is 5.96 Å². The minimum Gasteiger partial charge on any atom is -0.469 e. The zero-order valence-electron chi connectivity index (χ0n) is 16.2. The van der Waals surface area contributed by atoms with Crippen LogP contribution in [-0.2, 0) is 14.3 Å². The molecule has 1 aromatic carbocycles. The Morgan fingerprint density at radius 1 is 1.24 bits per heavy atom. The maximum absolute atomic E-state index is 13.1. The van der Waals surface area contributed by atoms with Crippen LogP contribution in [0.1, 0.15) is 13.3 Å². The highest BCUT2D eigenvalue weighted by Gasteiger charge is 2.54. The van der Waals surface area contributed by atoms with Gasteiger partial charge in [-0.25, -0.2) is 9.79 Å². The Hall–Kier alpha value is -3.07. The van der Waals surface area contributed by atoms with Gasteiger partial charge in [-0.15, -0.1) is 0 Å². The SMILES string of the molecule is COC(=O)CCN1C(=O)C2C(N=C3N(c4ccc(Cl)cc4)C(C)=CN32)N(C)C1=O. The Balaban J connectivity index is 1.64. The Bertz CT molecular complexity index is 944. The van der Waals surface area contributed by atoms with Crippen molar-refractivity contribution in [3.63, 3.8) is 0 Å². The fraction of sp³-hybridized carbons (Fsp3) is 0.368. The van der Waals surface area contributed by atoms with E-state index in [4.69, 9.17) is 11.6 Å². The number of fused-ring (bicyclic) bond motifs is 3. The van der Waals surface area contributed by atoms with Crippen molar-refractivity contribution in [3.8, 4) is 0 Å². The van der Waals surface area contributed by atoms with E-state index < -0.39 is 24.2 Å². The van der Waals surface area contributed by atoms with Crippen LogP contribution in [0.2, 0.25) is 5.02 Å². The summed E-state index contributed by atoms with van der Waals surface area (Å²) < 4.78 is 4.62. The van der Waals surface area contributed by atoms with Crippen LogP contribution in [0.5, 0.6) is 0 Å². The first-order valence-corrected chi connectivity index (χ1v) is 9.46. The molecule has 1 fully saturated rings. The highest BCUT2D eigenvalue weighted by molar-refractivity contribution is 6.30. The second-order valence-corrected chi connectivity index (χ2v) is 7.42. The summed E-state index contributed by atoms with van der Waals surface area (Å²) >= 11 is 6.00. The van der Waals surface area contributed by atoms with Crippen LogP contribution in [0, 0.1) is 0 Å². The lowest BCUT2D eigenvalue weighted by Crippen LogP contribution is -2.64. The van der Waals surface area contributed by atoms with Gasteiger partial charge >= 0.3 is 12.0 Å². The second-order valence-electron chi connectivity index (χ2n) is 6.99. The van der Waals surface area contributed by atoms with Crippen LogP contribution in [0.25, 0.3) is 0 Å². The molecule has 1 aromatic rings. The molecule has 29 heavy (non-hydrogen) atoms. The molecule has 4 rings (SSSR count). The highest BCUT2D eigenvalue weighted by Crippen LogP contribution is 2.36. The van der Waals surface area contributed by atoms with Gasteiger partial charge in [0.25, 0.3) is 5.91 Å². The van der Waals surface area contributed by atoms with Gasteiger partial charge in [-0.1, -0.05) is 11.6 Å². The maximum Gasteiger partial charge on any atom is 0.328 e. The lowest BCUT2D eigenvalue weighted by atomic mass is 10.1. The summed E-state index contributed by atoms with van der Waals surface area (Å²) in [7, 11) is 2.87. The van der Waals surface area contributed by atoms with Gasteiger partial charge in [-0.2, -0.15) is 0 Å². The fourth-order valence-corrected chi connectivity index (χ4v) is 3.90. The second kappa shape index (κ2) is 7.07. The summed E-state index contributed by atoms with van der Waals surface area (Å²) in [5.41, 5.74) is 1.74. The van der Waals surface area contributed by atoms with Crippen molar-refractivity contribution in [2.75, 3.05) is 25.6 Å². The van der Waals surface area contributed by atoms with Gasteiger partial charge in [-0.05, 0) is 31.2 Å². The summed E-state index contributed by atoms with van der Waals surface area (Å²) in [6, 6.07) is 6.14. The van der Waals surface area contributed by atoms with Crippen molar-refractivity contribution in [1.29, 1.82) is 0 Å². The molecular weight excluding hydrogens is 398 g/mol. The molecule has 3 aliphatic rings.